The number of Topliss-reactive ketones (excluding diaryl/α,β-unsaturated/α-hetero) is 1. The Morgan fingerprint density at radius 1 is 0.518 bits per heavy atom. The van der Waals surface area contributed by atoms with Crippen molar-refractivity contribution in [2.45, 2.75) is 209 Å². The van der Waals surface area contributed by atoms with Crippen LogP contribution in [0.5, 0.6) is 23.0 Å². The highest BCUT2D eigenvalue weighted by molar-refractivity contribution is 6.22. The molecular formula is C86H107N17O34. The number of carbonyl (C=O) groups excluding carboxylic acids is 16. The topological polar surface area (TPSA) is 843 Å². The molecule has 0 unspecified atom stereocenters. The molecule has 0 radical (unpaired) electrons. The van der Waals surface area contributed by atoms with E-state index in [0.717, 1.165) is 65.0 Å². The van der Waals surface area contributed by atoms with Gasteiger partial charge in [0.1, 0.15) is 72.6 Å². The summed E-state index contributed by atoms with van der Waals surface area (Å²) in [5.74, 6) is -32.5. The number of carboxylic acids is 4. The third kappa shape index (κ3) is 31.0. The highest BCUT2D eigenvalue weighted by Gasteiger charge is 2.42. The maximum Gasteiger partial charge on any atom is 0.344 e. The number of amides is 14. The number of aliphatic hydroxyl groups excluding tert-OH is 1. The number of fused-ring (bicyclic) bond motifs is 1. The Morgan fingerprint density at radius 2 is 1.03 bits per heavy atom. The number of aliphatic carboxylic acids is 4. The zero-order valence-corrected chi connectivity index (χ0v) is 74.2. The molecule has 0 bridgehead atoms. The van der Waals surface area contributed by atoms with Gasteiger partial charge >= 0.3 is 41.1 Å². The van der Waals surface area contributed by atoms with Gasteiger partial charge in [0, 0.05) is 58.4 Å². The molecule has 29 N–H and O–H groups in total. The number of anilines is 1. The molecule has 0 aliphatic carbocycles. The van der Waals surface area contributed by atoms with Crippen LogP contribution in [0.15, 0.2) is 85.3 Å². The third-order valence-electron chi connectivity index (χ3n) is 21.4. The summed E-state index contributed by atoms with van der Waals surface area (Å²) in [6.07, 6.45) is -2.33. The standard InChI is InChI=1S/C72H101N17O26.C14H6O8/c1-5-6-7-8-9-10-11-22-53(93)81-44(25-38-31-76-42-20-15-13-17-39(38)42)66(108)84-45(27-52(75)92)67(109)86-48(30-59(102)103)68(110)89-61-37(4)115-72(114)49(26-51(91)40-18-12-14-19-41(40)74)87-71(113)60(35(2)24-56(96)97)88-69(111)50(34-90)82-55(95)32-77-63(105)46(28-57(98)99)83-62(104)36(3)79-65(107)47(29-58(100)101)85-64(106)43(21-16-23-73)80-54(94)33-78-70(61)112;15-5-1-3-7-8-4(14(20)22-11(7)9(5)17)2-6(16)10(18)12(8)21-13(3)19/h12-15,17-20,31,35-37,43-50,60-61,76,90H,5-11,16,21-30,32-34,73-74H2,1-4H3,(H2,75,92)(H,77,105)(H,78,112)(H,79,107)(H,80,94)(H,81,93)(H,82,95)(H,83,104)(H,84,108)(H,85,106)(H,86,109)(H,87,113)(H,88,111)(H,89,110)(H,96,97)(H,98,99)(H,100,101)(H,102,103);1-2,15-18H/t35-,36-,37-,43+,44+,45+,46+,47+,48+,49+,50-,60+,61+;/m1./s1. The fraction of sp³-hybridized carbons (Fsp3) is 0.442. The summed E-state index contributed by atoms with van der Waals surface area (Å²) in [4.78, 5) is 300. The normalized spacial score (nSPS) is 19.7. The van der Waals surface area contributed by atoms with Crippen LogP contribution in [0.25, 0.3) is 43.6 Å². The number of aliphatic hydroxyl groups is 1. The van der Waals surface area contributed by atoms with Crippen molar-refractivity contribution < 1.29 is 155 Å². The summed E-state index contributed by atoms with van der Waals surface area (Å²) < 4.78 is 15.5. The van der Waals surface area contributed by atoms with Crippen molar-refractivity contribution in [3.63, 3.8) is 0 Å². The number of unbranched alkanes of at least 4 members (excludes halogenated alkanes) is 6. The number of ether oxygens (including phenoxy) is 1. The fourth-order valence-corrected chi connectivity index (χ4v) is 14.3. The minimum absolute atomic E-state index is 0.00597. The van der Waals surface area contributed by atoms with Crippen LogP contribution in [-0.4, -0.2) is 268 Å². The smallest absolute Gasteiger partial charge is 0.344 e. The number of phenols is 4. The maximum absolute atomic E-state index is 14.8. The number of hydrogen-bond acceptors (Lipinski definition) is 32. The highest BCUT2D eigenvalue weighted by Crippen LogP contribution is 2.44. The number of nitrogens with one attached hydrogen (secondary N) is 14. The average Bonchev–Trinajstić information content (AvgIpc) is 1.13. The van der Waals surface area contributed by atoms with Crippen molar-refractivity contribution in [2.75, 3.05) is 32.0 Å². The van der Waals surface area contributed by atoms with E-state index < -0.39 is 307 Å². The number of phenolic OH excluding ortho intramolecular Hbond substituents is 4. The van der Waals surface area contributed by atoms with Gasteiger partial charge < -0.3 is 151 Å². The van der Waals surface area contributed by atoms with Gasteiger partial charge in [0.05, 0.1) is 62.6 Å². The Kier molecular flexibility index (Phi) is 39.9. The Balaban J connectivity index is 0.000000998. The van der Waals surface area contributed by atoms with Crippen LogP contribution in [-0.2, 0) is 102 Å². The number of esters is 1. The average molecular weight is 1920 g/mol. The molecule has 0 spiro atoms. The van der Waals surface area contributed by atoms with Gasteiger partial charge in [0.2, 0.25) is 94.2 Å². The molecule has 13 atom stereocenters. The zero-order valence-electron chi connectivity index (χ0n) is 74.2. The summed E-state index contributed by atoms with van der Waals surface area (Å²) in [6.45, 7) is 1.11. The van der Waals surface area contributed by atoms with Crippen LogP contribution in [0.3, 0.4) is 0 Å². The number of primary amides is 1. The van der Waals surface area contributed by atoms with Crippen LogP contribution in [0.1, 0.15) is 146 Å². The Morgan fingerprint density at radius 3 is 1.59 bits per heavy atom. The number of aromatic hydroxyl groups is 4. The predicted octanol–water partition coefficient (Wildman–Crippen LogP) is -4.31. The van der Waals surface area contributed by atoms with Crippen molar-refractivity contribution in [2.24, 2.45) is 17.4 Å². The minimum Gasteiger partial charge on any atom is -0.504 e. The first-order valence-corrected chi connectivity index (χ1v) is 42.8. The predicted molar refractivity (Wildman–Crippen MR) is 474 cm³/mol. The number of ketones is 1. The van der Waals surface area contributed by atoms with Gasteiger partial charge in [-0.3, -0.25) is 91.1 Å². The first kappa shape index (κ1) is 108. The molecule has 1 aliphatic heterocycles. The van der Waals surface area contributed by atoms with Crippen molar-refractivity contribution in [1.82, 2.24) is 74.1 Å². The van der Waals surface area contributed by atoms with Gasteiger partial charge in [0.15, 0.2) is 28.4 Å². The van der Waals surface area contributed by atoms with Gasteiger partial charge in [-0.05, 0) is 81.5 Å². The Labute approximate surface area is 774 Å². The fourth-order valence-electron chi connectivity index (χ4n) is 14.3. The van der Waals surface area contributed by atoms with E-state index in [-0.39, 0.29) is 58.6 Å². The molecule has 0 saturated carbocycles. The van der Waals surface area contributed by atoms with E-state index >= 15 is 0 Å². The number of nitrogens with two attached hydrogens (primary N) is 3. The van der Waals surface area contributed by atoms with Crippen LogP contribution in [0, 0.1) is 5.92 Å². The number of cyclic esters (lactones) is 1. The summed E-state index contributed by atoms with van der Waals surface area (Å²) in [5, 5.41) is 117. The van der Waals surface area contributed by atoms with Crippen LogP contribution in [0.4, 0.5) is 5.69 Å². The lowest BCUT2D eigenvalue weighted by molar-refractivity contribution is -0.156. The van der Waals surface area contributed by atoms with E-state index in [1.807, 2.05) is 16.0 Å². The molecule has 1 fully saturated rings. The number of aromatic amines is 1. The molecule has 1 aliphatic rings. The minimum atomic E-state index is -2.45. The molecule has 8 rings (SSSR count). The summed E-state index contributed by atoms with van der Waals surface area (Å²) in [7, 11) is 0. The number of benzene rings is 4. The number of hydrogen-bond donors (Lipinski definition) is 26. The number of carbonyl (C=O) groups is 20. The molecule has 740 valence electrons. The first-order chi connectivity index (χ1) is 64.7. The van der Waals surface area contributed by atoms with E-state index in [0.29, 0.717) is 29.3 Å². The summed E-state index contributed by atoms with van der Waals surface area (Å²) in [6, 6.07) is -8.61. The molecule has 14 amide bonds. The van der Waals surface area contributed by atoms with Crippen LogP contribution < -0.4 is 97.6 Å². The summed E-state index contributed by atoms with van der Waals surface area (Å²) >= 11 is 0. The number of H-pyrrole nitrogens is 1. The SMILES string of the molecule is CCCCCCCCCC(=O)N[C@@H](Cc1c[nH]c2ccccc12)C(=O)N[C@@H](CC(N)=O)C(=O)N[C@@H](CC(=O)O)C(=O)N[C@@H]1C(=O)NCC(=O)N[C@@H](CCCN)C(=O)N[C@@H](CC(=O)O)C(=O)N[C@H](C)C(=O)N[C@@H](CC(=O)O)C(=O)NCC(=O)N[C@H](CO)C(=O)N[C@@H]([C@H](C)CC(=O)O)C(=O)N[C@@H](CC(=O)c2ccccc2N)C(=O)O[C@@H]1C.O=c1oc2c(O)c(O)cc3c(=O)oc4c(O)c(O)cc1c4c23. The van der Waals surface area contributed by atoms with E-state index in [2.05, 4.69) is 65.1 Å². The van der Waals surface area contributed by atoms with Crippen LogP contribution in [0.2, 0.25) is 0 Å². The van der Waals surface area contributed by atoms with E-state index in [1.54, 1.807) is 30.5 Å². The molecule has 51 heteroatoms. The lowest BCUT2D eigenvalue weighted by Gasteiger charge is -2.30. The second kappa shape index (κ2) is 50.7. The Hall–Kier alpha value is -16.1. The Bertz CT molecular complexity index is 5740. The molecule has 4 aromatic carbocycles. The third-order valence-corrected chi connectivity index (χ3v) is 21.4. The molecular weight excluding hydrogens is 1820 g/mol. The number of carboxylic acid groups (broad SMARTS) is 4. The van der Waals surface area contributed by atoms with Gasteiger partial charge in [-0.2, -0.15) is 0 Å². The number of para-hydroxylation sites is 2. The van der Waals surface area contributed by atoms with Crippen molar-refractivity contribution in [3.05, 3.63) is 98.8 Å². The van der Waals surface area contributed by atoms with Gasteiger partial charge in [-0.25, -0.2) is 14.4 Å². The van der Waals surface area contributed by atoms with Crippen molar-refractivity contribution >= 4 is 168 Å². The second-order valence-electron chi connectivity index (χ2n) is 32.0. The second-order valence-corrected chi connectivity index (χ2v) is 32.0. The quantitative estimate of drug-likeness (QED) is 0.00340. The van der Waals surface area contributed by atoms with Crippen LogP contribution >= 0.6 is 0 Å². The van der Waals surface area contributed by atoms with Gasteiger partial charge in [0.25, 0.3) is 0 Å². The van der Waals surface area contributed by atoms with E-state index in [9.17, 15) is 151 Å². The number of rotatable bonds is 35. The van der Waals surface area contributed by atoms with Gasteiger partial charge in [-0.15, -0.1) is 0 Å². The van der Waals surface area contributed by atoms with Crippen molar-refractivity contribution in [3.8, 4) is 23.0 Å². The first-order valence-electron chi connectivity index (χ1n) is 42.8. The largest absolute Gasteiger partial charge is 0.504 e. The molecule has 137 heavy (non-hydrogen) atoms. The van der Waals surface area contributed by atoms with Crippen molar-refractivity contribution in [1.29, 1.82) is 0 Å². The molecule has 3 aromatic heterocycles. The van der Waals surface area contributed by atoms with E-state index in [1.165, 1.54) is 24.3 Å². The maximum atomic E-state index is 14.8. The number of aromatic nitrogens is 1. The zero-order chi connectivity index (χ0) is 102. The van der Waals surface area contributed by atoms with E-state index in [4.69, 9.17) is 30.8 Å². The molecule has 1 saturated heterocycles. The van der Waals surface area contributed by atoms with Gasteiger partial charge in [-0.1, -0.05) is 82.7 Å². The summed E-state index contributed by atoms with van der Waals surface area (Å²) in [5.41, 5.74) is 15.4. The molecule has 4 heterocycles. The molecule has 51 nitrogen and oxygen atoms in total. The monoisotopic (exact) mass is 1920 g/mol. The highest BCUT2D eigenvalue weighted by atomic mass is 16.5. The lowest BCUT2D eigenvalue weighted by atomic mass is 9.96. The number of nitrogen functional groups attached to an aromatic ring is 1. The lowest BCUT2D eigenvalue weighted by Crippen LogP contribution is -2.62. The molecule has 7 aromatic rings.